The van der Waals surface area contributed by atoms with Crippen molar-refractivity contribution < 1.29 is 4.74 Å². The van der Waals surface area contributed by atoms with Crippen LogP contribution in [-0.4, -0.2) is 25.1 Å². The highest BCUT2D eigenvalue weighted by atomic mass is 16.5. The highest BCUT2D eigenvalue weighted by Gasteiger charge is 2.29. The molecule has 0 spiro atoms. The summed E-state index contributed by atoms with van der Waals surface area (Å²) in [6.07, 6.45) is 1.05. The second kappa shape index (κ2) is 7.71. The van der Waals surface area contributed by atoms with Crippen LogP contribution in [-0.2, 0) is 6.42 Å². The van der Waals surface area contributed by atoms with Crippen LogP contribution in [0.5, 0.6) is 5.75 Å². The van der Waals surface area contributed by atoms with Gasteiger partial charge in [0.25, 0.3) is 0 Å². The molecule has 0 saturated carbocycles. The monoisotopic (exact) mass is 355 g/mol. The van der Waals surface area contributed by atoms with Crippen molar-refractivity contribution in [1.29, 1.82) is 0 Å². The van der Waals surface area contributed by atoms with E-state index < -0.39 is 0 Å². The van der Waals surface area contributed by atoms with E-state index in [2.05, 4.69) is 90.7 Å². The van der Waals surface area contributed by atoms with Gasteiger partial charge in [-0.25, -0.2) is 0 Å². The third kappa shape index (κ3) is 3.90. The number of nitrogens with zero attached hydrogens (tertiary/aromatic N) is 1. The van der Waals surface area contributed by atoms with Crippen LogP contribution in [0.3, 0.4) is 0 Å². The fourth-order valence-corrected chi connectivity index (χ4v) is 3.67. The number of benzene rings is 3. The van der Waals surface area contributed by atoms with Crippen LogP contribution in [0, 0.1) is 6.92 Å². The van der Waals surface area contributed by atoms with Crippen LogP contribution < -0.4 is 4.74 Å². The molecular weight excluding hydrogens is 330 g/mol. The number of hydrogen-bond acceptors (Lipinski definition) is 2. The SMILES string of the molecule is COc1ccc(CCN2CC2=C(c2ccccc2)c2ccccc2)cc1C. The minimum absolute atomic E-state index is 0.960. The normalized spacial score (nSPS) is 12.8. The fourth-order valence-electron chi connectivity index (χ4n) is 3.67. The number of ether oxygens (including phenoxy) is 1. The Morgan fingerprint density at radius 2 is 1.52 bits per heavy atom. The standard InChI is InChI=1S/C25H25NO/c1-19-17-20(13-14-24(19)27-2)15-16-26-18-23(26)25(21-9-5-3-6-10-21)22-11-7-4-8-12-22/h3-14,17H,15-16,18H2,1-2H3. The van der Waals surface area contributed by atoms with Crippen molar-refractivity contribution in [2.75, 3.05) is 20.2 Å². The average Bonchev–Trinajstić information content (AvgIpc) is 3.47. The fraction of sp³-hybridized carbons (Fsp3) is 0.200. The molecule has 1 aliphatic heterocycles. The Hall–Kier alpha value is -3.00. The van der Waals surface area contributed by atoms with E-state index in [1.807, 2.05) is 0 Å². The number of aryl methyl sites for hydroxylation is 1. The van der Waals surface area contributed by atoms with Crippen LogP contribution in [0.1, 0.15) is 22.3 Å². The van der Waals surface area contributed by atoms with E-state index in [1.165, 1.54) is 33.5 Å². The van der Waals surface area contributed by atoms with Crippen LogP contribution in [0.25, 0.3) is 5.57 Å². The zero-order chi connectivity index (χ0) is 18.6. The van der Waals surface area contributed by atoms with Crippen LogP contribution in [0.2, 0.25) is 0 Å². The minimum atomic E-state index is 0.960. The molecule has 0 amide bonds. The Kier molecular flexibility index (Phi) is 4.97. The van der Waals surface area contributed by atoms with Crippen molar-refractivity contribution in [3.63, 3.8) is 0 Å². The summed E-state index contributed by atoms with van der Waals surface area (Å²) in [5, 5.41) is 0. The van der Waals surface area contributed by atoms with Crippen LogP contribution in [0.4, 0.5) is 0 Å². The van der Waals surface area contributed by atoms with E-state index in [9.17, 15) is 0 Å². The van der Waals surface area contributed by atoms with Gasteiger partial charge in [-0.1, -0.05) is 72.8 Å². The number of hydrogen-bond donors (Lipinski definition) is 0. The lowest BCUT2D eigenvalue weighted by molar-refractivity contribution is 0.411. The predicted octanol–water partition coefficient (Wildman–Crippen LogP) is 5.32. The highest BCUT2D eigenvalue weighted by molar-refractivity contribution is 5.83. The molecule has 0 atom stereocenters. The topological polar surface area (TPSA) is 12.2 Å². The molecule has 1 saturated heterocycles. The van der Waals surface area contributed by atoms with E-state index in [1.54, 1.807) is 7.11 Å². The molecule has 0 radical (unpaired) electrons. The first-order chi connectivity index (χ1) is 13.3. The Balaban J connectivity index is 1.54. The Bertz CT molecular complexity index is 903. The zero-order valence-electron chi connectivity index (χ0n) is 16.0. The van der Waals surface area contributed by atoms with Crippen molar-refractivity contribution in [3.8, 4) is 5.75 Å². The smallest absolute Gasteiger partial charge is 0.121 e. The second-order valence-corrected chi connectivity index (χ2v) is 7.03. The third-order valence-corrected chi connectivity index (χ3v) is 5.16. The maximum Gasteiger partial charge on any atom is 0.121 e. The predicted molar refractivity (Wildman–Crippen MR) is 112 cm³/mol. The molecule has 3 aromatic carbocycles. The number of methoxy groups -OCH3 is 1. The molecule has 27 heavy (non-hydrogen) atoms. The molecule has 1 aliphatic rings. The summed E-state index contributed by atoms with van der Waals surface area (Å²) < 4.78 is 5.37. The molecule has 1 fully saturated rings. The molecule has 0 N–H and O–H groups in total. The molecular formula is C25H25NO. The molecule has 0 bridgehead atoms. The Labute approximate surface area is 161 Å². The van der Waals surface area contributed by atoms with Crippen LogP contribution in [0.15, 0.2) is 84.6 Å². The lowest BCUT2D eigenvalue weighted by atomic mass is 9.97. The molecule has 2 heteroatoms. The third-order valence-electron chi connectivity index (χ3n) is 5.16. The van der Waals surface area contributed by atoms with Gasteiger partial charge in [-0.15, -0.1) is 0 Å². The molecule has 3 aromatic rings. The molecule has 2 nitrogen and oxygen atoms in total. The highest BCUT2D eigenvalue weighted by Crippen LogP contribution is 2.36. The van der Waals surface area contributed by atoms with E-state index in [0.29, 0.717) is 0 Å². The Morgan fingerprint density at radius 3 is 2.07 bits per heavy atom. The molecule has 4 rings (SSSR count). The first kappa shape index (κ1) is 17.4. The van der Waals surface area contributed by atoms with Crippen molar-refractivity contribution >= 4 is 5.57 Å². The Morgan fingerprint density at radius 1 is 0.889 bits per heavy atom. The van der Waals surface area contributed by atoms with Gasteiger partial charge < -0.3 is 9.64 Å². The van der Waals surface area contributed by atoms with Gasteiger partial charge in [0, 0.05) is 17.8 Å². The van der Waals surface area contributed by atoms with Gasteiger partial charge in [-0.2, -0.15) is 0 Å². The van der Waals surface area contributed by atoms with Crippen molar-refractivity contribution in [1.82, 2.24) is 4.90 Å². The van der Waals surface area contributed by atoms with Gasteiger partial charge in [-0.05, 0) is 41.7 Å². The summed E-state index contributed by atoms with van der Waals surface area (Å²) >= 11 is 0. The minimum Gasteiger partial charge on any atom is -0.496 e. The summed E-state index contributed by atoms with van der Waals surface area (Å²) in [5.41, 5.74) is 7.95. The number of rotatable bonds is 6. The summed E-state index contributed by atoms with van der Waals surface area (Å²) in [6.45, 7) is 4.20. The van der Waals surface area contributed by atoms with Gasteiger partial charge in [0.2, 0.25) is 0 Å². The van der Waals surface area contributed by atoms with Gasteiger partial charge in [-0.3, -0.25) is 0 Å². The zero-order valence-corrected chi connectivity index (χ0v) is 16.0. The van der Waals surface area contributed by atoms with Gasteiger partial charge >= 0.3 is 0 Å². The van der Waals surface area contributed by atoms with E-state index in [4.69, 9.17) is 4.74 Å². The summed E-state index contributed by atoms with van der Waals surface area (Å²) in [7, 11) is 1.73. The van der Waals surface area contributed by atoms with E-state index in [0.717, 1.165) is 25.3 Å². The van der Waals surface area contributed by atoms with Crippen LogP contribution >= 0.6 is 0 Å². The lowest BCUT2D eigenvalue weighted by Gasteiger charge is -2.10. The molecule has 1 heterocycles. The van der Waals surface area contributed by atoms with Crippen molar-refractivity contribution in [3.05, 3.63) is 107 Å². The molecule has 0 unspecified atom stereocenters. The maximum absolute atomic E-state index is 5.37. The first-order valence-electron chi connectivity index (χ1n) is 9.48. The summed E-state index contributed by atoms with van der Waals surface area (Å²) in [5.74, 6) is 0.960. The summed E-state index contributed by atoms with van der Waals surface area (Å²) in [6, 6.07) is 27.9. The van der Waals surface area contributed by atoms with Crippen molar-refractivity contribution in [2.45, 2.75) is 13.3 Å². The largest absolute Gasteiger partial charge is 0.496 e. The van der Waals surface area contributed by atoms with E-state index in [-0.39, 0.29) is 0 Å². The average molecular weight is 355 g/mol. The maximum atomic E-state index is 5.37. The van der Waals surface area contributed by atoms with Gasteiger partial charge in [0.05, 0.1) is 13.7 Å². The van der Waals surface area contributed by atoms with E-state index >= 15 is 0 Å². The van der Waals surface area contributed by atoms with Gasteiger partial charge in [0.1, 0.15) is 5.75 Å². The first-order valence-corrected chi connectivity index (χ1v) is 9.48. The van der Waals surface area contributed by atoms with Gasteiger partial charge in [0.15, 0.2) is 0 Å². The summed E-state index contributed by atoms with van der Waals surface area (Å²) in [4.78, 5) is 2.48. The molecule has 136 valence electrons. The van der Waals surface area contributed by atoms with Crippen molar-refractivity contribution in [2.24, 2.45) is 0 Å². The lowest BCUT2D eigenvalue weighted by Crippen LogP contribution is -2.03. The molecule has 0 aromatic heterocycles. The second-order valence-electron chi connectivity index (χ2n) is 7.03. The molecule has 0 aliphatic carbocycles. The quantitative estimate of drug-likeness (QED) is 0.555.